The van der Waals surface area contributed by atoms with Crippen molar-refractivity contribution >= 4 is 44.9 Å². The van der Waals surface area contributed by atoms with Crippen LogP contribution in [0.4, 0.5) is 17.2 Å². The van der Waals surface area contributed by atoms with Crippen molar-refractivity contribution in [2.24, 2.45) is 0 Å². The molecule has 4 aromatic rings. The number of rotatable bonds is 3. The van der Waals surface area contributed by atoms with Gasteiger partial charge in [0.2, 0.25) is 11.6 Å². The van der Waals surface area contributed by atoms with Gasteiger partial charge in [0.05, 0.1) is 29.8 Å². The fourth-order valence-electron chi connectivity index (χ4n) is 3.43. The molecule has 6 nitrogen and oxygen atoms in total. The van der Waals surface area contributed by atoms with Crippen molar-refractivity contribution in [3.05, 3.63) is 71.2 Å². The molecule has 0 atom stereocenters. The molecule has 2 aromatic carbocycles. The van der Waals surface area contributed by atoms with Gasteiger partial charge in [-0.05, 0) is 41.5 Å². The number of nitrogen functional groups attached to an aromatic ring is 1. The highest BCUT2D eigenvalue weighted by atomic mass is 16.2. The standard InChI is InChI=1S/C22H19N5O/c1-13-10-18-19(26-22(13)23)11-16(25-18)12-27(14(2)28)20-9-8-15-6-4-5-7-17(15)21(20)24-3/h4-11,25H,12H2,1-2H3,(H2,23,26). The Balaban J connectivity index is 1.80. The number of aryl methyl sites for hydroxylation is 1. The molecule has 3 N–H and O–H groups in total. The van der Waals surface area contributed by atoms with Crippen LogP contribution < -0.4 is 10.6 Å². The highest BCUT2D eigenvalue weighted by Crippen LogP contribution is 2.37. The number of aromatic nitrogens is 2. The van der Waals surface area contributed by atoms with Crippen molar-refractivity contribution < 1.29 is 4.79 Å². The molecule has 0 aliphatic heterocycles. The summed E-state index contributed by atoms with van der Waals surface area (Å²) in [7, 11) is 0. The van der Waals surface area contributed by atoms with Gasteiger partial charge >= 0.3 is 0 Å². The summed E-state index contributed by atoms with van der Waals surface area (Å²) in [6.45, 7) is 11.4. The van der Waals surface area contributed by atoms with Crippen LogP contribution >= 0.6 is 0 Å². The van der Waals surface area contributed by atoms with Crippen LogP contribution in [0, 0.1) is 13.5 Å². The third-order valence-corrected chi connectivity index (χ3v) is 4.88. The Morgan fingerprint density at radius 2 is 2.04 bits per heavy atom. The van der Waals surface area contributed by atoms with Gasteiger partial charge in [-0.25, -0.2) is 9.83 Å². The summed E-state index contributed by atoms with van der Waals surface area (Å²) in [6.07, 6.45) is 0. The van der Waals surface area contributed by atoms with Crippen LogP contribution in [0.15, 0.2) is 48.5 Å². The van der Waals surface area contributed by atoms with Gasteiger partial charge < -0.3 is 15.6 Å². The molecular formula is C22H19N5O. The number of carbonyl (C=O) groups excluding carboxylic acids is 1. The van der Waals surface area contributed by atoms with Crippen molar-refractivity contribution in [2.75, 3.05) is 10.6 Å². The molecule has 0 unspecified atom stereocenters. The van der Waals surface area contributed by atoms with Crippen molar-refractivity contribution in [3.8, 4) is 0 Å². The maximum absolute atomic E-state index is 12.4. The minimum absolute atomic E-state index is 0.137. The predicted octanol–water partition coefficient (Wildman–Crippen LogP) is 4.71. The van der Waals surface area contributed by atoms with Crippen molar-refractivity contribution in [1.82, 2.24) is 9.97 Å². The third kappa shape index (κ3) is 2.93. The van der Waals surface area contributed by atoms with Gasteiger partial charge in [-0.2, -0.15) is 0 Å². The van der Waals surface area contributed by atoms with E-state index in [0.29, 0.717) is 23.7 Å². The molecule has 0 aliphatic carbocycles. The second-order valence-corrected chi connectivity index (χ2v) is 6.79. The van der Waals surface area contributed by atoms with E-state index in [2.05, 4.69) is 14.8 Å². The number of benzene rings is 2. The fourth-order valence-corrected chi connectivity index (χ4v) is 3.43. The highest BCUT2D eigenvalue weighted by Gasteiger charge is 2.19. The summed E-state index contributed by atoms with van der Waals surface area (Å²) in [5.41, 5.74) is 10.3. The number of nitrogens with two attached hydrogens (primary N) is 1. The number of hydrogen-bond acceptors (Lipinski definition) is 3. The Hall–Kier alpha value is -3.85. The Labute approximate surface area is 162 Å². The van der Waals surface area contributed by atoms with Gasteiger partial charge in [0.25, 0.3) is 0 Å². The first-order valence-corrected chi connectivity index (χ1v) is 8.90. The minimum atomic E-state index is -0.137. The van der Waals surface area contributed by atoms with Gasteiger partial charge in [-0.15, -0.1) is 0 Å². The molecule has 6 heteroatoms. The number of aromatic amines is 1. The van der Waals surface area contributed by atoms with E-state index in [0.717, 1.165) is 33.1 Å². The SMILES string of the molecule is [C-]#[N+]c1c(N(Cc2cc3nc(N)c(C)cc3[nH]2)C(C)=O)ccc2ccccc12. The van der Waals surface area contributed by atoms with Crippen LogP contribution in [0.2, 0.25) is 0 Å². The molecule has 1 amide bonds. The molecule has 0 saturated carbocycles. The molecule has 0 aliphatic rings. The van der Waals surface area contributed by atoms with Crippen LogP contribution in [0.25, 0.3) is 26.7 Å². The zero-order valence-electron chi connectivity index (χ0n) is 15.7. The van der Waals surface area contributed by atoms with Crippen LogP contribution in [0.3, 0.4) is 0 Å². The van der Waals surface area contributed by atoms with Crippen molar-refractivity contribution in [3.63, 3.8) is 0 Å². The van der Waals surface area contributed by atoms with E-state index in [1.165, 1.54) is 6.92 Å². The van der Waals surface area contributed by atoms with Gasteiger partial charge in [0.1, 0.15) is 5.82 Å². The molecule has 0 radical (unpaired) electrons. The average molecular weight is 369 g/mol. The number of hydrogen-bond donors (Lipinski definition) is 2. The number of anilines is 2. The molecule has 0 bridgehead atoms. The number of carbonyl (C=O) groups is 1. The third-order valence-electron chi connectivity index (χ3n) is 4.88. The molecule has 138 valence electrons. The van der Waals surface area contributed by atoms with Crippen molar-refractivity contribution in [1.29, 1.82) is 0 Å². The Morgan fingerprint density at radius 3 is 2.79 bits per heavy atom. The van der Waals surface area contributed by atoms with Crippen molar-refractivity contribution in [2.45, 2.75) is 20.4 Å². The molecule has 28 heavy (non-hydrogen) atoms. The summed E-state index contributed by atoms with van der Waals surface area (Å²) < 4.78 is 0. The lowest BCUT2D eigenvalue weighted by Gasteiger charge is -2.23. The highest BCUT2D eigenvalue weighted by molar-refractivity contribution is 6.05. The number of pyridine rings is 1. The van der Waals surface area contributed by atoms with E-state index in [9.17, 15) is 4.79 Å². The normalized spacial score (nSPS) is 10.9. The second-order valence-electron chi connectivity index (χ2n) is 6.79. The van der Waals surface area contributed by atoms with E-state index in [1.807, 2.05) is 55.5 Å². The number of amides is 1. The first-order valence-electron chi connectivity index (χ1n) is 8.90. The lowest BCUT2D eigenvalue weighted by atomic mass is 10.1. The van der Waals surface area contributed by atoms with E-state index in [4.69, 9.17) is 12.3 Å². The zero-order chi connectivity index (χ0) is 19.8. The van der Waals surface area contributed by atoms with E-state index in [1.54, 1.807) is 4.90 Å². The quantitative estimate of drug-likeness (QED) is 0.513. The molecule has 2 aromatic heterocycles. The summed E-state index contributed by atoms with van der Waals surface area (Å²) >= 11 is 0. The number of fused-ring (bicyclic) bond motifs is 2. The number of H-pyrrole nitrogens is 1. The maximum atomic E-state index is 12.4. The first kappa shape index (κ1) is 17.6. The zero-order valence-corrected chi connectivity index (χ0v) is 15.7. The first-order chi connectivity index (χ1) is 13.5. The van der Waals surface area contributed by atoms with E-state index < -0.39 is 0 Å². The van der Waals surface area contributed by atoms with Crippen LogP contribution in [0.1, 0.15) is 18.2 Å². The summed E-state index contributed by atoms with van der Waals surface area (Å²) in [5.74, 6) is 0.355. The lowest BCUT2D eigenvalue weighted by molar-refractivity contribution is -0.116. The van der Waals surface area contributed by atoms with Gasteiger partial charge in [0.15, 0.2) is 0 Å². The molecule has 4 rings (SSSR count). The Bertz CT molecular complexity index is 1230. The minimum Gasteiger partial charge on any atom is -0.383 e. The average Bonchev–Trinajstić information content (AvgIpc) is 3.06. The molecule has 2 heterocycles. The van der Waals surface area contributed by atoms with Crippen LogP contribution in [0.5, 0.6) is 0 Å². The smallest absolute Gasteiger partial charge is 0.223 e. The van der Waals surface area contributed by atoms with Crippen LogP contribution in [-0.2, 0) is 11.3 Å². The van der Waals surface area contributed by atoms with Gasteiger partial charge in [-0.3, -0.25) is 4.79 Å². The Kier molecular flexibility index (Phi) is 4.21. The predicted molar refractivity (Wildman–Crippen MR) is 112 cm³/mol. The topological polar surface area (TPSA) is 79.4 Å². The molecule has 0 fully saturated rings. The summed E-state index contributed by atoms with van der Waals surface area (Å²) in [6, 6.07) is 15.3. The van der Waals surface area contributed by atoms with E-state index in [-0.39, 0.29) is 5.91 Å². The van der Waals surface area contributed by atoms with Gasteiger partial charge in [-0.1, -0.05) is 30.3 Å². The largest absolute Gasteiger partial charge is 0.383 e. The number of nitrogens with one attached hydrogen (secondary N) is 1. The fraction of sp³-hybridized carbons (Fsp3) is 0.136. The molecular weight excluding hydrogens is 350 g/mol. The van der Waals surface area contributed by atoms with E-state index >= 15 is 0 Å². The van der Waals surface area contributed by atoms with Gasteiger partial charge in [0, 0.05) is 12.6 Å². The maximum Gasteiger partial charge on any atom is 0.223 e. The summed E-state index contributed by atoms with van der Waals surface area (Å²) in [5, 5.41) is 1.81. The lowest BCUT2D eigenvalue weighted by Crippen LogP contribution is -2.28. The molecule has 0 spiro atoms. The Morgan fingerprint density at radius 1 is 1.25 bits per heavy atom. The second kappa shape index (κ2) is 6.71. The molecule has 0 saturated heterocycles. The number of nitrogens with zero attached hydrogens (tertiary/aromatic N) is 3. The monoisotopic (exact) mass is 369 g/mol. The summed E-state index contributed by atoms with van der Waals surface area (Å²) in [4.78, 5) is 25.5. The van der Waals surface area contributed by atoms with Crippen LogP contribution in [-0.4, -0.2) is 15.9 Å².